The van der Waals surface area contributed by atoms with E-state index in [1.807, 2.05) is 0 Å². The summed E-state index contributed by atoms with van der Waals surface area (Å²) in [6, 6.07) is 0. The number of fused-ring (bicyclic) bond motifs is 1. The van der Waals surface area contributed by atoms with Crippen LogP contribution in [0.25, 0.3) is 0 Å². The van der Waals surface area contributed by atoms with E-state index in [0.717, 1.165) is 24.6 Å². The van der Waals surface area contributed by atoms with Crippen molar-refractivity contribution >= 4 is 28.5 Å². The van der Waals surface area contributed by atoms with Crippen LogP contribution in [0, 0.1) is 0 Å². The molecule has 126 valence electrons. The van der Waals surface area contributed by atoms with Crippen molar-refractivity contribution in [1.82, 2.24) is 0 Å². The van der Waals surface area contributed by atoms with Crippen LogP contribution in [-0.4, -0.2) is 21.8 Å². The number of amides is 1. The molecule has 0 aromatic rings. The lowest BCUT2D eigenvalue weighted by atomic mass is 9.96. The number of ketones is 1. The summed E-state index contributed by atoms with van der Waals surface area (Å²) < 4.78 is 0. The molecule has 0 spiro atoms. The first-order chi connectivity index (χ1) is 11.1. The molecule has 1 aliphatic carbocycles. The van der Waals surface area contributed by atoms with Crippen LogP contribution in [0.2, 0.25) is 0 Å². The molecule has 1 heterocycles. The predicted molar refractivity (Wildman–Crippen MR) is 95.0 cm³/mol. The number of allylic oxidation sites excluding steroid dienone is 4. The van der Waals surface area contributed by atoms with Gasteiger partial charge in [-0.2, -0.15) is 4.99 Å². The minimum absolute atomic E-state index is 0.105. The van der Waals surface area contributed by atoms with Gasteiger partial charge in [-0.15, -0.1) is 0 Å². The molecular formula is C18H25NO3S. The maximum Gasteiger partial charge on any atom is 0.310 e. The molecular weight excluding hydrogens is 310 g/mol. The van der Waals surface area contributed by atoms with Crippen LogP contribution >= 0.6 is 11.8 Å². The molecule has 5 heteroatoms. The van der Waals surface area contributed by atoms with Crippen molar-refractivity contribution in [3.63, 3.8) is 0 Å². The van der Waals surface area contributed by atoms with Gasteiger partial charge in [0.25, 0.3) is 0 Å². The Morgan fingerprint density at radius 3 is 2.26 bits per heavy atom. The first kappa shape index (κ1) is 18.0. The van der Waals surface area contributed by atoms with Crippen molar-refractivity contribution in [3.8, 4) is 0 Å². The van der Waals surface area contributed by atoms with E-state index in [1.54, 1.807) is 6.08 Å². The lowest BCUT2D eigenvalue weighted by Gasteiger charge is -2.13. The van der Waals surface area contributed by atoms with Crippen LogP contribution in [0.15, 0.2) is 27.3 Å². The van der Waals surface area contributed by atoms with Gasteiger partial charge in [0, 0.05) is 4.91 Å². The fourth-order valence-electron chi connectivity index (χ4n) is 2.87. The third-order valence-corrected chi connectivity index (χ3v) is 5.02. The number of nitrogens with zero attached hydrogens (tertiary/aromatic N) is 1. The van der Waals surface area contributed by atoms with Gasteiger partial charge in [-0.3, -0.25) is 9.59 Å². The van der Waals surface area contributed by atoms with E-state index >= 15 is 0 Å². The Labute approximate surface area is 142 Å². The van der Waals surface area contributed by atoms with Gasteiger partial charge in [0.2, 0.25) is 5.78 Å². The predicted octanol–water partition coefficient (Wildman–Crippen LogP) is 5.49. The maximum atomic E-state index is 12.0. The largest absolute Gasteiger partial charge is 0.504 e. The monoisotopic (exact) mass is 335 g/mol. The number of Topliss-reactive ketones (excluding diaryl/α,β-unsaturated/α-hetero) is 1. The highest BCUT2D eigenvalue weighted by molar-refractivity contribution is 8.18. The summed E-state index contributed by atoms with van der Waals surface area (Å²) in [5.74, 6) is -0.742. The first-order valence-corrected chi connectivity index (χ1v) is 9.44. The van der Waals surface area contributed by atoms with Crippen molar-refractivity contribution in [2.24, 2.45) is 4.99 Å². The Morgan fingerprint density at radius 2 is 1.61 bits per heavy atom. The van der Waals surface area contributed by atoms with Gasteiger partial charge < -0.3 is 5.11 Å². The van der Waals surface area contributed by atoms with Gasteiger partial charge in [-0.1, -0.05) is 58.3 Å². The molecule has 2 rings (SSSR count). The van der Waals surface area contributed by atoms with Crippen molar-refractivity contribution in [2.75, 3.05) is 0 Å². The fraction of sp³-hybridized carbons (Fsp3) is 0.611. The summed E-state index contributed by atoms with van der Waals surface area (Å²) >= 11 is 0.968. The number of unbranched alkanes of at least 4 members (excludes halogenated alkanes) is 8. The smallest absolute Gasteiger partial charge is 0.310 e. The van der Waals surface area contributed by atoms with E-state index < -0.39 is 5.78 Å². The van der Waals surface area contributed by atoms with E-state index in [2.05, 4.69) is 11.9 Å². The Morgan fingerprint density at radius 1 is 1.00 bits per heavy atom. The molecule has 0 unspecified atom stereocenters. The normalized spacial score (nSPS) is 17.4. The number of hydrogen-bond donors (Lipinski definition) is 1. The van der Waals surface area contributed by atoms with Crippen LogP contribution < -0.4 is 0 Å². The fourth-order valence-corrected chi connectivity index (χ4v) is 3.63. The number of aliphatic hydroxyl groups excluding tert-OH is 1. The summed E-state index contributed by atoms with van der Waals surface area (Å²) in [7, 11) is 0. The van der Waals surface area contributed by atoms with E-state index in [0.29, 0.717) is 16.9 Å². The molecule has 4 nitrogen and oxygen atoms in total. The minimum Gasteiger partial charge on any atom is -0.504 e. The topological polar surface area (TPSA) is 66.7 Å². The van der Waals surface area contributed by atoms with Crippen molar-refractivity contribution in [1.29, 1.82) is 0 Å². The number of hydrogen-bond acceptors (Lipinski definition) is 4. The second kappa shape index (κ2) is 9.06. The Kier molecular flexibility index (Phi) is 7.09. The van der Waals surface area contributed by atoms with E-state index in [4.69, 9.17) is 0 Å². The van der Waals surface area contributed by atoms with Crippen molar-refractivity contribution in [3.05, 3.63) is 22.3 Å². The van der Waals surface area contributed by atoms with Gasteiger partial charge in [0.15, 0.2) is 5.76 Å². The van der Waals surface area contributed by atoms with Gasteiger partial charge in [0.05, 0.1) is 0 Å². The van der Waals surface area contributed by atoms with Crippen molar-refractivity contribution in [2.45, 2.75) is 71.1 Å². The van der Waals surface area contributed by atoms with Gasteiger partial charge in [0.1, 0.15) is 5.71 Å². The average Bonchev–Trinajstić information content (AvgIpc) is 2.91. The second-order valence-corrected chi connectivity index (χ2v) is 7.11. The third-order valence-electron chi connectivity index (χ3n) is 4.22. The molecule has 0 bridgehead atoms. The molecule has 0 atom stereocenters. The molecule has 1 amide bonds. The zero-order valence-corrected chi connectivity index (χ0v) is 14.6. The highest BCUT2D eigenvalue weighted by Gasteiger charge is 2.33. The SMILES string of the molecule is CCCCCCCCCCCC1=C(O)C(=O)C2=NC(=O)SC2=C1. The number of aliphatic hydroxyl groups is 1. The molecule has 0 aromatic carbocycles. The average molecular weight is 335 g/mol. The number of carbonyl (C=O) groups is 2. The highest BCUT2D eigenvalue weighted by Crippen LogP contribution is 2.34. The summed E-state index contributed by atoms with van der Waals surface area (Å²) in [5, 5.41) is 9.60. The van der Waals surface area contributed by atoms with Crippen LogP contribution in [0.3, 0.4) is 0 Å². The second-order valence-electron chi connectivity index (χ2n) is 6.12. The number of rotatable bonds is 10. The lowest BCUT2D eigenvalue weighted by Crippen LogP contribution is -2.20. The molecule has 0 saturated carbocycles. The quantitative estimate of drug-likeness (QED) is 0.423. The Balaban J connectivity index is 1.69. The van der Waals surface area contributed by atoms with Crippen LogP contribution in [0.1, 0.15) is 71.1 Å². The van der Waals surface area contributed by atoms with Crippen LogP contribution in [-0.2, 0) is 4.79 Å². The third kappa shape index (κ3) is 5.06. The molecule has 0 saturated heterocycles. The zero-order valence-electron chi connectivity index (χ0n) is 13.8. The molecule has 0 radical (unpaired) electrons. The first-order valence-electron chi connectivity index (χ1n) is 8.63. The molecule has 1 N–H and O–H groups in total. The minimum atomic E-state index is -0.508. The standard InChI is InChI=1S/C18H25NO3S/c1-2-3-4-5-6-7-8-9-10-11-13-12-14-15(17(21)16(13)20)19-18(22)23-14/h12,20H,2-11H2,1H3. The summed E-state index contributed by atoms with van der Waals surface area (Å²) in [5.41, 5.74) is 0.752. The molecule has 2 aliphatic rings. The molecule has 0 aromatic heterocycles. The maximum absolute atomic E-state index is 12.0. The molecule has 0 fully saturated rings. The van der Waals surface area contributed by atoms with Crippen molar-refractivity contribution < 1.29 is 14.7 Å². The number of aliphatic imine (C=N–C) groups is 1. The van der Waals surface area contributed by atoms with E-state index in [-0.39, 0.29) is 16.7 Å². The highest BCUT2D eigenvalue weighted by atomic mass is 32.2. The van der Waals surface area contributed by atoms with Gasteiger partial charge in [-0.05, 0) is 36.3 Å². The number of thioether (sulfide) groups is 1. The van der Waals surface area contributed by atoms with Gasteiger partial charge in [-0.25, -0.2) is 0 Å². The summed E-state index contributed by atoms with van der Waals surface area (Å²) in [6.07, 6.45) is 13.5. The Bertz CT molecular complexity index is 561. The van der Waals surface area contributed by atoms with Gasteiger partial charge >= 0.3 is 5.24 Å². The lowest BCUT2D eigenvalue weighted by molar-refractivity contribution is -0.112. The number of carbonyl (C=O) groups excluding carboxylic acids is 2. The Hall–Kier alpha value is -1.36. The van der Waals surface area contributed by atoms with E-state index in [9.17, 15) is 14.7 Å². The summed E-state index contributed by atoms with van der Waals surface area (Å²) in [6.45, 7) is 2.23. The van der Waals surface area contributed by atoms with Crippen LogP contribution in [0.4, 0.5) is 4.79 Å². The summed E-state index contributed by atoms with van der Waals surface area (Å²) in [4.78, 5) is 27.5. The molecule has 1 aliphatic heterocycles. The van der Waals surface area contributed by atoms with E-state index in [1.165, 1.54) is 44.9 Å². The zero-order chi connectivity index (χ0) is 16.7. The van der Waals surface area contributed by atoms with Crippen LogP contribution in [0.5, 0.6) is 0 Å². The molecule has 23 heavy (non-hydrogen) atoms.